The van der Waals surface area contributed by atoms with Crippen LogP contribution in [0.3, 0.4) is 0 Å². The zero-order valence-electron chi connectivity index (χ0n) is 11.9. The van der Waals surface area contributed by atoms with Gasteiger partial charge in [-0.3, -0.25) is 0 Å². The molecule has 0 spiro atoms. The minimum Gasteiger partial charge on any atom is -0.364 e. The standard InChI is InChI=1S/C13H20ClN5/c1-5-6-7-19-8-15-10-9(19)11(17-12(14)16-10)18-13(2,3)4/h8H,5-7H2,1-4H3,(H,16,17,18). The van der Waals surface area contributed by atoms with Crippen LogP contribution in [-0.2, 0) is 6.54 Å². The molecule has 19 heavy (non-hydrogen) atoms. The maximum absolute atomic E-state index is 5.95. The molecule has 0 aliphatic heterocycles. The highest BCUT2D eigenvalue weighted by atomic mass is 35.5. The van der Waals surface area contributed by atoms with Gasteiger partial charge in [0.1, 0.15) is 5.52 Å². The first-order chi connectivity index (χ1) is 8.90. The first kappa shape index (κ1) is 14.1. The quantitative estimate of drug-likeness (QED) is 0.872. The van der Waals surface area contributed by atoms with E-state index in [2.05, 4.69) is 52.5 Å². The fraction of sp³-hybridized carbons (Fsp3) is 0.615. The Labute approximate surface area is 118 Å². The lowest BCUT2D eigenvalue weighted by Crippen LogP contribution is -2.27. The van der Waals surface area contributed by atoms with E-state index < -0.39 is 0 Å². The number of fused-ring (bicyclic) bond motifs is 1. The van der Waals surface area contributed by atoms with Crippen LogP contribution in [-0.4, -0.2) is 25.1 Å². The van der Waals surface area contributed by atoms with E-state index in [9.17, 15) is 0 Å². The molecule has 2 aromatic heterocycles. The van der Waals surface area contributed by atoms with Gasteiger partial charge in [-0.15, -0.1) is 0 Å². The first-order valence-electron chi connectivity index (χ1n) is 6.57. The second kappa shape index (κ2) is 5.33. The van der Waals surface area contributed by atoms with Crippen molar-refractivity contribution in [2.75, 3.05) is 5.32 Å². The van der Waals surface area contributed by atoms with Gasteiger partial charge in [0.05, 0.1) is 6.33 Å². The van der Waals surface area contributed by atoms with Crippen molar-refractivity contribution >= 4 is 28.6 Å². The normalized spacial score (nSPS) is 12.1. The third-order valence-electron chi connectivity index (χ3n) is 2.69. The predicted molar refractivity (Wildman–Crippen MR) is 78.6 cm³/mol. The van der Waals surface area contributed by atoms with Gasteiger partial charge in [0.2, 0.25) is 5.28 Å². The summed E-state index contributed by atoms with van der Waals surface area (Å²) in [5.74, 6) is 0.746. The number of nitrogens with one attached hydrogen (secondary N) is 1. The molecule has 6 heteroatoms. The summed E-state index contributed by atoms with van der Waals surface area (Å²) in [6, 6.07) is 0. The second-order valence-electron chi connectivity index (χ2n) is 5.68. The van der Waals surface area contributed by atoms with Crippen LogP contribution in [0.25, 0.3) is 11.2 Å². The third-order valence-corrected chi connectivity index (χ3v) is 2.86. The Bertz CT molecular complexity index is 570. The zero-order valence-corrected chi connectivity index (χ0v) is 12.6. The highest BCUT2D eigenvalue weighted by Crippen LogP contribution is 2.24. The molecule has 0 aromatic carbocycles. The number of anilines is 1. The van der Waals surface area contributed by atoms with E-state index in [-0.39, 0.29) is 10.8 Å². The zero-order chi connectivity index (χ0) is 14.0. The number of nitrogens with zero attached hydrogens (tertiary/aromatic N) is 4. The van der Waals surface area contributed by atoms with Crippen molar-refractivity contribution in [2.24, 2.45) is 0 Å². The van der Waals surface area contributed by atoms with Crippen LogP contribution in [0.1, 0.15) is 40.5 Å². The molecule has 1 N–H and O–H groups in total. The van der Waals surface area contributed by atoms with Crippen LogP contribution < -0.4 is 5.32 Å². The largest absolute Gasteiger partial charge is 0.364 e. The summed E-state index contributed by atoms with van der Waals surface area (Å²) >= 11 is 5.95. The van der Waals surface area contributed by atoms with Crippen LogP contribution in [0, 0.1) is 0 Å². The second-order valence-corrected chi connectivity index (χ2v) is 6.02. The van der Waals surface area contributed by atoms with Crippen molar-refractivity contribution in [1.29, 1.82) is 0 Å². The van der Waals surface area contributed by atoms with Gasteiger partial charge in [-0.2, -0.15) is 9.97 Å². The monoisotopic (exact) mass is 281 g/mol. The maximum Gasteiger partial charge on any atom is 0.226 e. The average Bonchev–Trinajstić information content (AvgIpc) is 2.67. The summed E-state index contributed by atoms with van der Waals surface area (Å²) < 4.78 is 2.09. The van der Waals surface area contributed by atoms with Crippen LogP contribution in [0.5, 0.6) is 0 Å². The van der Waals surface area contributed by atoms with Crippen molar-refractivity contribution in [2.45, 2.75) is 52.6 Å². The Morgan fingerprint density at radius 2 is 2.05 bits per heavy atom. The van der Waals surface area contributed by atoms with Gasteiger partial charge in [0, 0.05) is 12.1 Å². The Morgan fingerprint density at radius 1 is 1.32 bits per heavy atom. The van der Waals surface area contributed by atoms with E-state index in [0.29, 0.717) is 5.65 Å². The highest BCUT2D eigenvalue weighted by Gasteiger charge is 2.17. The van der Waals surface area contributed by atoms with E-state index >= 15 is 0 Å². The molecule has 0 saturated carbocycles. The predicted octanol–water partition coefficient (Wildman–Crippen LogP) is 3.49. The Hall–Kier alpha value is -1.36. The van der Waals surface area contributed by atoms with Gasteiger partial charge in [0.25, 0.3) is 0 Å². The Kier molecular flexibility index (Phi) is 3.94. The third kappa shape index (κ3) is 3.35. The molecule has 104 valence electrons. The van der Waals surface area contributed by atoms with Crippen LogP contribution >= 0.6 is 11.6 Å². The smallest absolute Gasteiger partial charge is 0.226 e. The van der Waals surface area contributed by atoms with Gasteiger partial charge in [-0.25, -0.2) is 4.98 Å². The molecule has 2 rings (SSSR count). The fourth-order valence-corrected chi connectivity index (χ4v) is 2.06. The molecule has 0 fully saturated rings. The number of aromatic nitrogens is 4. The highest BCUT2D eigenvalue weighted by molar-refractivity contribution is 6.28. The number of unbranched alkanes of at least 4 members (excludes halogenated alkanes) is 1. The van der Waals surface area contributed by atoms with Crippen molar-refractivity contribution in [3.8, 4) is 0 Å². The summed E-state index contributed by atoms with van der Waals surface area (Å²) in [6.45, 7) is 9.34. The van der Waals surface area contributed by atoms with Crippen LogP contribution in [0.2, 0.25) is 5.28 Å². The van der Waals surface area contributed by atoms with E-state index in [1.165, 1.54) is 0 Å². The molecular weight excluding hydrogens is 262 g/mol. The molecule has 0 aliphatic rings. The lowest BCUT2D eigenvalue weighted by molar-refractivity contribution is 0.625. The molecule has 5 nitrogen and oxygen atoms in total. The lowest BCUT2D eigenvalue weighted by atomic mass is 10.1. The summed E-state index contributed by atoms with van der Waals surface area (Å²) in [5.41, 5.74) is 1.47. The molecule has 2 aromatic rings. The molecule has 0 saturated heterocycles. The number of rotatable bonds is 4. The summed E-state index contributed by atoms with van der Waals surface area (Å²) in [4.78, 5) is 12.8. The number of hydrogen-bond donors (Lipinski definition) is 1. The Morgan fingerprint density at radius 3 is 2.68 bits per heavy atom. The van der Waals surface area contributed by atoms with Gasteiger partial charge in [-0.1, -0.05) is 13.3 Å². The van der Waals surface area contributed by atoms with Crippen molar-refractivity contribution in [3.63, 3.8) is 0 Å². The maximum atomic E-state index is 5.95. The Balaban J connectivity index is 2.49. The van der Waals surface area contributed by atoms with Gasteiger partial charge >= 0.3 is 0 Å². The molecule has 2 heterocycles. The number of hydrogen-bond acceptors (Lipinski definition) is 4. The molecule has 0 radical (unpaired) electrons. The van der Waals surface area contributed by atoms with E-state index in [0.717, 1.165) is 30.7 Å². The van der Waals surface area contributed by atoms with Crippen molar-refractivity contribution < 1.29 is 0 Å². The molecular formula is C13H20ClN5. The van der Waals surface area contributed by atoms with E-state index in [4.69, 9.17) is 11.6 Å². The minimum atomic E-state index is -0.0928. The number of imidazole rings is 1. The number of aryl methyl sites for hydroxylation is 1. The van der Waals surface area contributed by atoms with Crippen LogP contribution in [0.15, 0.2) is 6.33 Å². The topological polar surface area (TPSA) is 55.6 Å². The van der Waals surface area contributed by atoms with E-state index in [1.807, 2.05) is 0 Å². The van der Waals surface area contributed by atoms with Gasteiger partial charge in [0.15, 0.2) is 11.5 Å². The lowest BCUT2D eigenvalue weighted by Gasteiger charge is -2.22. The molecule has 0 unspecified atom stereocenters. The van der Waals surface area contributed by atoms with Gasteiger partial charge in [-0.05, 0) is 38.8 Å². The first-order valence-corrected chi connectivity index (χ1v) is 6.95. The molecule has 0 amide bonds. The number of halogens is 1. The van der Waals surface area contributed by atoms with Crippen LogP contribution in [0.4, 0.5) is 5.82 Å². The van der Waals surface area contributed by atoms with Gasteiger partial charge < -0.3 is 9.88 Å². The SMILES string of the molecule is CCCCn1cnc2nc(Cl)nc(NC(C)(C)C)c21. The summed E-state index contributed by atoms with van der Waals surface area (Å²) in [6.07, 6.45) is 4.04. The van der Waals surface area contributed by atoms with Crippen molar-refractivity contribution in [3.05, 3.63) is 11.6 Å². The minimum absolute atomic E-state index is 0.0928. The average molecular weight is 282 g/mol. The van der Waals surface area contributed by atoms with Crippen molar-refractivity contribution in [1.82, 2.24) is 19.5 Å². The summed E-state index contributed by atoms with van der Waals surface area (Å²) in [5, 5.41) is 3.59. The van der Waals surface area contributed by atoms with E-state index in [1.54, 1.807) is 6.33 Å². The molecule has 0 atom stereocenters. The molecule has 0 aliphatic carbocycles. The fourth-order valence-electron chi connectivity index (χ4n) is 1.89. The molecule has 0 bridgehead atoms. The summed E-state index contributed by atoms with van der Waals surface area (Å²) in [7, 11) is 0.